The molecule has 0 aromatic rings. The van der Waals surface area contributed by atoms with Gasteiger partial charge in [0.1, 0.15) is 0 Å². The van der Waals surface area contributed by atoms with Crippen molar-refractivity contribution in [2.24, 2.45) is 11.3 Å². The molecule has 1 fully saturated rings. The molecule has 1 aliphatic rings. The maximum Gasteiger partial charge on any atom is 0.317 e. The fourth-order valence-corrected chi connectivity index (χ4v) is 3.17. The normalized spacial score (nSPS) is 24.8. The number of rotatable bonds is 7. The standard InChI is InChI=1S/C15H30N2O3/c1-15(2,3)8-12-7-13(16-5-4-6-18)10-17(9-12)11-14(19)20/h12-13,16,18H,4-11H2,1-3H3,(H,19,20). The Morgan fingerprint density at radius 2 is 2.05 bits per heavy atom. The van der Waals surface area contributed by atoms with Crippen LogP contribution >= 0.6 is 0 Å². The number of aliphatic hydroxyl groups is 1. The van der Waals surface area contributed by atoms with E-state index < -0.39 is 5.97 Å². The van der Waals surface area contributed by atoms with Crippen LogP contribution in [-0.4, -0.2) is 59.9 Å². The van der Waals surface area contributed by atoms with Crippen LogP contribution < -0.4 is 5.32 Å². The van der Waals surface area contributed by atoms with E-state index in [0.29, 0.717) is 12.0 Å². The zero-order chi connectivity index (χ0) is 15.2. The zero-order valence-electron chi connectivity index (χ0n) is 13.1. The predicted molar refractivity (Wildman–Crippen MR) is 79.7 cm³/mol. The van der Waals surface area contributed by atoms with E-state index in [4.69, 9.17) is 10.2 Å². The first-order valence-electron chi connectivity index (χ1n) is 7.58. The van der Waals surface area contributed by atoms with Crippen LogP contribution in [0.15, 0.2) is 0 Å². The summed E-state index contributed by atoms with van der Waals surface area (Å²) in [4.78, 5) is 13.0. The van der Waals surface area contributed by atoms with Crippen molar-refractivity contribution in [2.45, 2.75) is 46.1 Å². The quantitative estimate of drug-likeness (QED) is 0.613. The van der Waals surface area contributed by atoms with Gasteiger partial charge in [-0.3, -0.25) is 9.69 Å². The van der Waals surface area contributed by atoms with Gasteiger partial charge in [0, 0.05) is 25.7 Å². The Hall–Kier alpha value is -0.650. The molecular weight excluding hydrogens is 256 g/mol. The number of carboxylic acids is 1. The van der Waals surface area contributed by atoms with Crippen molar-refractivity contribution < 1.29 is 15.0 Å². The van der Waals surface area contributed by atoms with E-state index in [-0.39, 0.29) is 18.6 Å². The van der Waals surface area contributed by atoms with E-state index in [9.17, 15) is 4.79 Å². The maximum atomic E-state index is 10.9. The fraction of sp³-hybridized carbons (Fsp3) is 0.933. The summed E-state index contributed by atoms with van der Waals surface area (Å²) < 4.78 is 0. The van der Waals surface area contributed by atoms with E-state index in [1.807, 2.05) is 4.90 Å². The van der Waals surface area contributed by atoms with Crippen LogP contribution in [0.4, 0.5) is 0 Å². The minimum Gasteiger partial charge on any atom is -0.480 e. The molecule has 2 atom stereocenters. The lowest BCUT2D eigenvalue weighted by atomic mass is 9.80. The van der Waals surface area contributed by atoms with Gasteiger partial charge in [-0.25, -0.2) is 0 Å². The van der Waals surface area contributed by atoms with Gasteiger partial charge in [-0.2, -0.15) is 0 Å². The largest absolute Gasteiger partial charge is 0.480 e. The molecule has 0 aromatic carbocycles. The predicted octanol–water partition coefficient (Wildman–Crippen LogP) is 1.17. The second kappa shape index (κ2) is 7.96. The smallest absolute Gasteiger partial charge is 0.317 e. The van der Waals surface area contributed by atoms with Crippen LogP contribution in [0.1, 0.15) is 40.0 Å². The highest BCUT2D eigenvalue weighted by molar-refractivity contribution is 5.69. The van der Waals surface area contributed by atoms with E-state index in [1.165, 1.54) is 0 Å². The van der Waals surface area contributed by atoms with Gasteiger partial charge in [0.15, 0.2) is 0 Å². The molecule has 118 valence electrons. The van der Waals surface area contributed by atoms with Crippen molar-refractivity contribution in [1.82, 2.24) is 10.2 Å². The molecule has 5 heteroatoms. The molecule has 0 aliphatic carbocycles. The topological polar surface area (TPSA) is 72.8 Å². The molecule has 1 rings (SSSR count). The van der Waals surface area contributed by atoms with E-state index >= 15 is 0 Å². The Morgan fingerprint density at radius 3 is 2.60 bits per heavy atom. The summed E-state index contributed by atoms with van der Waals surface area (Å²) in [5, 5.41) is 21.3. The maximum absolute atomic E-state index is 10.9. The Bertz CT molecular complexity index is 302. The van der Waals surface area contributed by atoms with E-state index in [0.717, 1.165) is 38.9 Å². The minimum atomic E-state index is -0.754. The van der Waals surface area contributed by atoms with Crippen molar-refractivity contribution >= 4 is 5.97 Å². The third kappa shape index (κ3) is 7.22. The molecule has 0 spiro atoms. The van der Waals surface area contributed by atoms with Gasteiger partial charge >= 0.3 is 5.97 Å². The number of nitrogens with one attached hydrogen (secondary N) is 1. The van der Waals surface area contributed by atoms with Crippen molar-refractivity contribution in [1.29, 1.82) is 0 Å². The average molecular weight is 286 g/mol. The number of piperidine rings is 1. The van der Waals surface area contributed by atoms with Crippen LogP contribution in [0.25, 0.3) is 0 Å². The number of aliphatic carboxylic acids is 1. The molecule has 5 nitrogen and oxygen atoms in total. The lowest BCUT2D eigenvalue weighted by Crippen LogP contribution is -2.51. The number of carbonyl (C=O) groups is 1. The SMILES string of the molecule is CC(C)(C)CC1CC(NCCCO)CN(CC(=O)O)C1. The number of hydrogen-bond acceptors (Lipinski definition) is 4. The van der Waals surface area contributed by atoms with Gasteiger partial charge in [-0.15, -0.1) is 0 Å². The number of carboxylic acid groups (broad SMARTS) is 1. The van der Waals surface area contributed by atoms with Gasteiger partial charge in [-0.1, -0.05) is 20.8 Å². The molecule has 0 aromatic heterocycles. The Labute approximate surface area is 122 Å². The molecule has 2 unspecified atom stereocenters. The monoisotopic (exact) mass is 286 g/mol. The summed E-state index contributed by atoms with van der Waals surface area (Å²) in [5.41, 5.74) is 0.270. The fourth-order valence-electron chi connectivity index (χ4n) is 3.17. The lowest BCUT2D eigenvalue weighted by Gasteiger charge is -2.39. The molecule has 0 amide bonds. The Morgan fingerprint density at radius 1 is 1.35 bits per heavy atom. The lowest BCUT2D eigenvalue weighted by molar-refractivity contribution is -0.138. The molecular formula is C15H30N2O3. The van der Waals surface area contributed by atoms with Crippen molar-refractivity contribution in [3.8, 4) is 0 Å². The zero-order valence-corrected chi connectivity index (χ0v) is 13.1. The summed E-state index contributed by atoms with van der Waals surface area (Å²) in [6, 6.07) is 0.335. The average Bonchev–Trinajstić information content (AvgIpc) is 2.25. The molecule has 0 bridgehead atoms. The van der Waals surface area contributed by atoms with Crippen molar-refractivity contribution in [3.05, 3.63) is 0 Å². The first kappa shape index (κ1) is 17.4. The van der Waals surface area contributed by atoms with Crippen molar-refractivity contribution in [3.63, 3.8) is 0 Å². The first-order chi connectivity index (χ1) is 9.30. The minimum absolute atomic E-state index is 0.124. The summed E-state index contributed by atoms with van der Waals surface area (Å²) in [6.45, 7) is 9.49. The summed E-state index contributed by atoms with van der Waals surface area (Å²) in [7, 11) is 0. The number of nitrogens with zero attached hydrogens (tertiary/aromatic N) is 1. The second-order valence-electron chi connectivity index (χ2n) is 7.18. The van der Waals surface area contributed by atoms with Gasteiger partial charge in [0.05, 0.1) is 6.54 Å². The number of likely N-dealkylation sites (tertiary alicyclic amines) is 1. The van der Waals surface area contributed by atoms with Crippen LogP contribution in [0, 0.1) is 11.3 Å². The molecule has 20 heavy (non-hydrogen) atoms. The molecule has 1 heterocycles. The Kier molecular flexibility index (Phi) is 6.92. The van der Waals surface area contributed by atoms with Crippen LogP contribution in [0.5, 0.6) is 0 Å². The molecule has 0 saturated carbocycles. The molecule has 1 aliphatic heterocycles. The summed E-state index contributed by atoms with van der Waals surface area (Å²) in [6.07, 6.45) is 2.96. The van der Waals surface area contributed by atoms with E-state index in [1.54, 1.807) is 0 Å². The summed E-state index contributed by atoms with van der Waals surface area (Å²) in [5.74, 6) is -0.217. The highest BCUT2D eigenvalue weighted by atomic mass is 16.4. The van der Waals surface area contributed by atoms with Crippen molar-refractivity contribution in [2.75, 3.05) is 32.8 Å². The highest BCUT2D eigenvalue weighted by Gasteiger charge is 2.30. The molecule has 3 N–H and O–H groups in total. The van der Waals surface area contributed by atoms with Gasteiger partial charge in [0.25, 0.3) is 0 Å². The van der Waals surface area contributed by atoms with Gasteiger partial charge < -0.3 is 15.5 Å². The second-order valence-corrected chi connectivity index (χ2v) is 7.18. The third-order valence-corrected chi connectivity index (χ3v) is 3.64. The van der Waals surface area contributed by atoms with Crippen LogP contribution in [0.3, 0.4) is 0 Å². The van der Waals surface area contributed by atoms with Crippen LogP contribution in [0.2, 0.25) is 0 Å². The first-order valence-corrected chi connectivity index (χ1v) is 7.58. The third-order valence-electron chi connectivity index (χ3n) is 3.64. The number of aliphatic hydroxyl groups excluding tert-OH is 1. The van der Waals surface area contributed by atoms with Gasteiger partial charge in [0.2, 0.25) is 0 Å². The van der Waals surface area contributed by atoms with Gasteiger partial charge in [-0.05, 0) is 37.1 Å². The molecule has 0 radical (unpaired) electrons. The van der Waals surface area contributed by atoms with E-state index in [2.05, 4.69) is 26.1 Å². The highest BCUT2D eigenvalue weighted by Crippen LogP contribution is 2.30. The summed E-state index contributed by atoms with van der Waals surface area (Å²) >= 11 is 0. The number of hydrogen-bond donors (Lipinski definition) is 3. The van der Waals surface area contributed by atoms with Crippen LogP contribution in [-0.2, 0) is 4.79 Å². The molecule has 1 saturated heterocycles. The Balaban J connectivity index is 2.55.